The first-order valence-electron chi connectivity index (χ1n) is 25.6. The average Bonchev–Trinajstić information content (AvgIpc) is 3.42. The minimum Gasteiger partial charge on any atom is -0.378 e. The predicted octanol–water partition coefficient (Wildman–Crippen LogP) is 15.9. The smallest absolute Gasteiger partial charge is 0.339 e. The maximum absolute atomic E-state index is 13.5. The van der Waals surface area contributed by atoms with Gasteiger partial charge in [-0.05, 0) is 169 Å². The van der Waals surface area contributed by atoms with E-state index in [4.69, 9.17) is 8.37 Å². The van der Waals surface area contributed by atoms with E-state index in [1.54, 1.807) is 119 Å². The second-order valence-electron chi connectivity index (χ2n) is 19.5. The molecule has 0 unspecified atom stereocenters. The normalized spacial score (nSPS) is 11.9. The molecule has 0 radical (unpaired) electrons. The first-order valence-corrected chi connectivity index (χ1v) is 28.4. The van der Waals surface area contributed by atoms with Crippen LogP contribution < -0.4 is 8.37 Å². The molecule has 0 saturated heterocycles. The fourth-order valence-corrected chi connectivity index (χ4v) is 10.8. The molecular weight excluding hydrogens is 1030 g/mol. The number of benzene rings is 8. The van der Waals surface area contributed by atoms with Crippen molar-refractivity contribution in [1.29, 1.82) is 0 Å². The molecule has 0 heterocycles. The molecule has 13 nitrogen and oxygen atoms in total. The summed E-state index contributed by atoms with van der Waals surface area (Å²) in [5.41, 5.74) is 9.84. The van der Waals surface area contributed by atoms with Gasteiger partial charge in [0.15, 0.2) is 5.78 Å². The number of rotatable bonds is 17. The van der Waals surface area contributed by atoms with Crippen molar-refractivity contribution >= 4 is 60.2 Å². The lowest BCUT2D eigenvalue weighted by molar-refractivity contribution is -0.129. The molecule has 0 saturated carbocycles. The standard InChI is InChI=1S/C36H39N3O4S.C28H24N2O4S/c1-24(2)39(25(3)4)35(40)23-33(29-13-9-8-10-14-29)32-15-11-12-16-34(32)38-37-30-21-27(6)36(28(7)22-30)43-44(41,42)31-19-17-26(5)18-20-31;1-19-13-15-24(16-14-19)35(32,33)34-28-20(2)17-23(18-21(28)3)29-30-26-12-8-7-11-25(26)27(31)22-9-5-4-6-10-22/h8-25H,1-7H3;4-18H,1-3H3. The van der Waals surface area contributed by atoms with E-state index < -0.39 is 20.2 Å². The summed E-state index contributed by atoms with van der Waals surface area (Å²) in [4.78, 5) is 28.5. The molecule has 8 aromatic carbocycles. The Morgan fingerprint density at radius 2 is 0.797 bits per heavy atom. The van der Waals surface area contributed by atoms with Crippen molar-refractivity contribution in [3.8, 4) is 11.5 Å². The molecule has 8 rings (SSSR count). The number of azo groups is 2. The van der Waals surface area contributed by atoms with E-state index in [0.29, 0.717) is 56.1 Å². The van der Waals surface area contributed by atoms with Gasteiger partial charge in [0.2, 0.25) is 5.91 Å². The number of hydrogen-bond donors (Lipinski definition) is 0. The summed E-state index contributed by atoms with van der Waals surface area (Å²) < 4.78 is 62.3. The summed E-state index contributed by atoms with van der Waals surface area (Å²) in [5.74, 6) is 0.294. The Morgan fingerprint density at radius 1 is 0.443 bits per heavy atom. The first kappa shape index (κ1) is 58.0. The topological polar surface area (TPSA) is 174 Å². The van der Waals surface area contributed by atoms with Crippen LogP contribution in [0.4, 0.5) is 22.7 Å². The maximum Gasteiger partial charge on any atom is 0.339 e. The molecule has 0 aliphatic rings. The zero-order valence-corrected chi connectivity index (χ0v) is 47.5. The van der Waals surface area contributed by atoms with Crippen LogP contribution in [0.5, 0.6) is 11.5 Å². The van der Waals surface area contributed by atoms with Crippen molar-refractivity contribution in [2.75, 3.05) is 0 Å². The highest BCUT2D eigenvalue weighted by Crippen LogP contribution is 2.37. The minimum absolute atomic E-state index is 0.0380. The van der Waals surface area contributed by atoms with E-state index in [2.05, 4.69) is 20.5 Å². The first-order chi connectivity index (χ1) is 37.6. The van der Waals surface area contributed by atoms with Crippen LogP contribution in [-0.4, -0.2) is 45.5 Å². The summed E-state index contributed by atoms with van der Waals surface area (Å²) >= 11 is 0. The van der Waals surface area contributed by atoms with Gasteiger partial charge in [-0.3, -0.25) is 9.59 Å². The Labute approximate surface area is 464 Å². The third-order valence-corrected chi connectivity index (χ3v) is 15.0. The van der Waals surface area contributed by atoms with Gasteiger partial charge in [-0.15, -0.1) is 10.2 Å². The third-order valence-electron chi connectivity index (χ3n) is 12.5. The van der Waals surface area contributed by atoms with Gasteiger partial charge >= 0.3 is 20.2 Å². The lowest BCUT2D eigenvalue weighted by Gasteiger charge is -2.30. The fourth-order valence-electron chi connectivity index (χ4n) is 8.71. The molecule has 0 fully saturated rings. The van der Waals surface area contributed by atoms with E-state index in [-0.39, 0.29) is 45.1 Å². The van der Waals surface area contributed by atoms with Crippen LogP contribution in [0.25, 0.3) is 5.57 Å². The van der Waals surface area contributed by atoms with Gasteiger partial charge < -0.3 is 13.3 Å². The van der Waals surface area contributed by atoms with Crippen molar-refractivity contribution < 1.29 is 34.8 Å². The highest BCUT2D eigenvalue weighted by atomic mass is 32.2. The monoisotopic (exact) mass is 1090 g/mol. The van der Waals surface area contributed by atoms with E-state index in [1.165, 1.54) is 24.3 Å². The van der Waals surface area contributed by atoms with Gasteiger partial charge in [-0.2, -0.15) is 27.1 Å². The molecule has 8 aromatic rings. The zero-order valence-electron chi connectivity index (χ0n) is 45.9. The second-order valence-corrected chi connectivity index (χ2v) is 22.6. The van der Waals surface area contributed by atoms with Gasteiger partial charge in [-0.25, -0.2) is 0 Å². The van der Waals surface area contributed by atoms with Crippen LogP contribution in [0.1, 0.15) is 88.1 Å². The molecule has 1 amide bonds. The fraction of sp³-hybridized carbons (Fsp3) is 0.188. The Kier molecular flexibility index (Phi) is 18.8. The van der Waals surface area contributed by atoms with Crippen LogP contribution >= 0.6 is 0 Å². The third kappa shape index (κ3) is 14.9. The number of carbonyl (C=O) groups excluding carboxylic acids is 2. The molecule has 0 bridgehead atoms. The Bertz CT molecular complexity index is 3750. The van der Waals surface area contributed by atoms with E-state index in [0.717, 1.165) is 27.8 Å². The quantitative estimate of drug-likeness (QED) is 0.0375. The molecule has 15 heteroatoms. The van der Waals surface area contributed by atoms with E-state index >= 15 is 0 Å². The molecule has 0 spiro atoms. The van der Waals surface area contributed by atoms with Crippen molar-refractivity contribution in [2.24, 2.45) is 20.5 Å². The highest BCUT2D eigenvalue weighted by molar-refractivity contribution is 7.87. The molecule has 404 valence electrons. The van der Waals surface area contributed by atoms with Crippen molar-refractivity contribution in [3.63, 3.8) is 0 Å². The molecule has 0 aliphatic carbocycles. The Morgan fingerprint density at radius 3 is 1.20 bits per heavy atom. The number of hydrogen-bond acceptors (Lipinski definition) is 12. The van der Waals surface area contributed by atoms with Gasteiger partial charge in [0, 0.05) is 29.3 Å². The summed E-state index contributed by atoms with van der Waals surface area (Å²) in [6.45, 7) is 18.9. The van der Waals surface area contributed by atoms with Crippen LogP contribution in [0.2, 0.25) is 0 Å². The summed E-state index contributed by atoms with van der Waals surface area (Å²) in [7, 11) is -7.98. The largest absolute Gasteiger partial charge is 0.378 e. The lowest BCUT2D eigenvalue weighted by Crippen LogP contribution is -2.41. The molecule has 0 aliphatic heterocycles. The van der Waals surface area contributed by atoms with Gasteiger partial charge in [-0.1, -0.05) is 126 Å². The summed E-state index contributed by atoms with van der Waals surface area (Å²) in [6.07, 6.45) is 1.68. The summed E-state index contributed by atoms with van der Waals surface area (Å²) in [5, 5.41) is 17.7. The Balaban J connectivity index is 0.000000234. The molecule has 79 heavy (non-hydrogen) atoms. The van der Waals surface area contributed by atoms with Crippen LogP contribution in [0.3, 0.4) is 0 Å². The number of amides is 1. The van der Waals surface area contributed by atoms with E-state index in [1.807, 2.05) is 119 Å². The highest BCUT2D eigenvalue weighted by Gasteiger charge is 2.23. The predicted molar refractivity (Wildman–Crippen MR) is 312 cm³/mol. The molecule has 0 atom stereocenters. The van der Waals surface area contributed by atoms with Crippen molar-refractivity contribution in [1.82, 2.24) is 4.90 Å². The number of carbonyl (C=O) groups is 2. The minimum atomic E-state index is -4.00. The maximum atomic E-state index is 13.5. The Hall–Kier alpha value is -8.66. The number of nitrogens with zero attached hydrogens (tertiary/aromatic N) is 5. The lowest BCUT2D eigenvalue weighted by atomic mass is 9.95. The molecule has 0 aromatic heterocycles. The second kappa shape index (κ2) is 25.7. The van der Waals surface area contributed by atoms with Crippen LogP contribution in [0, 0.1) is 41.5 Å². The van der Waals surface area contributed by atoms with Crippen molar-refractivity contribution in [3.05, 3.63) is 244 Å². The van der Waals surface area contributed by atoms with Crippen LogP contribution in [0.15, 0.2) is 218 Å². The zero-order chi connectivity index (χ0) is 57.0. The van der Waals surface area contributed by atoms with Gasteiger partial charge in [0.05, 0.1) is 28.3 Å². The van der Waals surface area contributed by atoms with Gasteiger partial charge in [0.25, 0.3) is 0 Å². The van der Waals surface area contributed by atoms with Crippen molar-refractivity contribution in [2.45, 2.75) is 91.1 Å². The van der Waals surface area contributed by atoms with Crippen LogP contribution in [-0.2, 0) is 25.0 Å². The average molecular weight is 1090 g/mol. The molecular formula is C64H63N5O8S2. The number of ketones is 1. The SMILES string of the molecule is Cc1ccc(S(=O)(=O)Oc2c(C)cc(N=Nc3ccccc3C(=CC(=O)N(C(C)C)C(C)C)c3ccccc3)cc2C)cc1.Cc1ccc(S(=O)(=O)Oc2c(C)cc(N=Nc3ccccc3C(=O)c3ccccc3)cc2C)cc1. The van der Waals surface area contributed by atoms with E-state index in [9.17, 15) is 26.4 Å². The summed E-state index contributed by atoms with van der Waals surface area (Å²) in [6, 6.07) is 53.3. The number of aryl methyl sites for hydroxylation is 6. The van der Waals surface area contributed by atoms with Gasteiger partial charge in [0.1, 0.15) is 21.3 Å². The molecule has 0 N–H and O–H groups in total.